The molecular weight excluding hydrogens is 594 g/mol. The predicted octanol–water partition coefficient (Wildman–Crippen LogP) is 6.02. The molecule has 2 N–H and O–H groups in total. The molecule has 0 saturated carbocycles. The lowest BCUT2D eigenvalue weighted by Gasteiger charge is -2.11. The van der Waals surface area contributed by atoms with Gasteiger partial charge in [0.2, 0.25) is 0 Å². The van der Waals surface area contributed by atoms with Crippen molar-refractivity contribution in [3.8, 4) is 22.8 Å². The molecule has 0 atom stereocenters. The maximum absolute atomic E-state index is 12.4. The summed E-state index contributed by atoms with van der Waals surface area (Å²) in [6.07, 6.45) is 1.39. The standard InChI is InChI=1S/C25H21Br2N5O2S/c1-15-3-7-17(8-4-15)24-30-31-25(32(24)20-9-5-16(2)6-10-20)35-14-22(33)29-28-13-18-11-19(26)12-21(27)23(18)34/h3-13,34H,14H2,1-2H3,(H,29,33). The van der Waals surface area contributed by atoms with Crippen LogP contribution in [0.2, 0.25) is 0 Å². The molecule has 178 valence electrons. The van der Waals surface area contributed by atoms with E-state index in [0.717, 1.165) is 26.9 Å². The van der Waals surface area contributed by atoms with E-state index in [0.29, 0.717) is 21.0 Å². The maximum Gasteiger partial charge on any atom is 0.250 e. The van der Waals surface area contributed by atoms with Crippen molar-refractivity contribution in [1.82, 2.24) is 20.2 Å². The van der Waals surface area contributed by atoms with Gasteiger partial charge in [-0.05, 0) is 54.0 Å². The molecule has 0 aliphatic carbocycles. The Morgan fingerprint density at radius 2 is 1.71 bits per heavy atom. The summed E-state index contributed by atoms with van der Waals surface area (Å²) in [6, 6.07) is 19.6. The van der Waals surface area contributed by atoms with Crippen molar-refractivity contribution in [2.24, 2.45) is 5.10 Å². The van der Waals surface area contributed by atoms with Gasteiger partial charge < -0.3 is 5.11 Å². The van der Waals surface area contributed by atoms with Gasteiger partial charge in [0.25, 0.3) is 5.91 Å². The van der Waals surface area contributed by atoms with Gasteiger partial charge in [-0.1, -0.05) is 75.2 Å². The van der Waals surface area contributed by atoms with E-state index in [-0.39, 0.29) is 17.4 Å². The zero-order valence-electron chi connectivity index (χ0n) is 18.9. The van der Waals surface area contributed by atoms with Crippen molar-refractivity contribution in [3.63, 3.8) is 0 Å². The molecule has 0 saturated heterocycles. The normalized spacial score (nSPS) is 11.2. The lowest BCUT2D eigenvalue weighted by atomic mass is 10.1. The highest BCUT2D eigenvalue weighted by atomic mass is 79.9. The third-order valence-corrected chi connectivity index (χ3v) is 7.01. The van der Waals surface area contributed by atoms with Gasteiger partial charge in [-0.2, -0.15) is 5.10 Å². The second-order valence-electron chi connectivity index (χ2n) is 7.75. The molecule has 1 heterocycles. The minimum Gasteiger partial charge on any atom is -0.506 e. The third-order valence-electron chi connectivity index (χ3n) is 5.02. The van der Waals surface area contributed by atoms with E-state index < -0.39 is 0 Å². The van der Waals surface area contributed by atoms with Gasteiger partial charge in [0.05, 0.1) is 16.4 Å². The first-order valence-corrected chi connectivity index (χ1v) is 13.1. The Morgan fingerprint density at radius 1 is 1.06 bits per heavy atom. The molecule has 35 heavy (non-hydrogen) atoms. The smallest absolute Gasteiger partial charge is 0.250 e. The van der Waals surface area contributed by atoms with Crippen molar-refractivity contribution in [3.05, 3.63) is 86.3 Å². The molecule has 0 aliphatic heterocycles. The van der Waals surface area contributed by atoms with E-state index in [2.05, 4.69) is 52.6 Å². The number of hydrogen-bond acceptors (Lipinski definition) is 6. The van der Waals surface area contributed by atoms with Crippen LogP contribution >= 0.6 is 43.6 Å². The Hall–Kier alpha value is -2.95. The fourth-order valence-corrected chi connectivity index (χ4v) is 5.20. The highest BCUT2D eigenvalue weighted by Gasteiger charge is 2.17. The van der Waals surface area contributed by atoms with Crippen molar-refractivity contribution in [1.29, 1.82) is 0 Å². The monoisotopic (exact) mass is 613 g/mol. The fraction of sp³-hybridized carbons (Fsp3) is 0.120. The quantitative estimate of drug-likeness (QED) is 0.151. The minimum atomic E-state index is -0.310. The Balaban J connectivity index is 1.51. The van der Waals surface area contributed by atoms with E-state index in [4.69, 9.17) is 0 Å². The van der Waals surface area contributed by atoms with E-state index >= 15 is 0 Å². The molecule has 0 radical (unpaired) electrons. The lowest BCUT2D eigenvalue weighted by molar-refractivity contribution is -0.118. The van der Waals surface area contributed by atoms with E-state index in [1.165, 1.54) is 18.0 Å². The van der Waals surface area contributed by atoms with Gasteiger partial charge >= 0.3 is 0 Å². The summed E-state index contributed by atoms with van der Waals surface area (Å²) < 4.78 is 3.24. The van der Waals surface area contributed by atoms with Crippen molar-refractivity contribution in [2.45, 2.75) is 19.0 Å². The molecule has 0 spiro atoms. The zero-order valence-corrected chi connectivity index (χ0v) is 22.9. The number of aromatic hydroxyl groups is 1. The number of carbonyl (C=O) groups excluding carboxylic acids is 1. The molecular formula is C25H21Br2N5O2S. The Morgan fingerprint density at radius 3 is 2.40 bits per heavy atom. The number of nitrogens with zero attached hydrogens (tertiary/aromatic N) is 4. The molecule has 3 aromatic carbocycles. The predicted molar refractivity (Wildman–Crippen MR) is 146 cm³/mol. The number of aromatic nitrogens is 3. The highest BCUT2D eigenvalue weighted by Crippen LogP contribution is 2.31. The number of nitrogens with one attached hydrogen (secondary N) is 1. The number of carbonyl (C=O) groups is 1. The summed E-state index contributed by atoms with van der Waals surface area (Å²) in [4.78, 5) is 12.4. The van der Waals surface area contributed by atoms with Crippen LogP contribution in [0, 0.1) is 13.8 Å². The molecule has 0 unspecified atom stereocenters. The maximum atomic E-state index is 12.4. The number of rotatable bonds is 7. The van der Waals surface area contributed by atoms with Crippen LogP contribution < -0.4 is 5.43 Å². The third kappa shape index (κ3) is 6.19. The first-order chi connectivity index (χ1) is 16.8. The Kier molecular flexibility index (Phi) is 8.04. The zero-order chi connectivity index (χ0) is 24.9. The summed E-state index contributed by atoms with van der Waals surface area (Å²) in [5.74, 6) is 0.514. The van der Waals surface area contributed by atoms with Crippen LogP contribution in [-0.2, 0) is 4.79 Å². The molecule has 10 heteroatoms. The SMILES string of the molecule is Cc1ccc(-c2nnc(SCC(=O)NN=Cc3cc(Br)cc(Br)c3O)n2-c2ccc(C)cc2)cc1. The number of hydrogen-bond donors (Lipinski definition) is 2. The topological polar surface area (TPSA) is 92.4 Å². The number of halogens is 2. The molecule has 0 bridgehead atoms. The number of benzene rings is 3. The van der Waals surface area contributed by atoms with Gasteiger partial charge in [-0.15, -0.1) is 10.2 Å². The molecule has 0 fully saturated rings. The lowest BCUT2D eigenvalue weighted by Crippen LogP contribution is -2.20. The molecule has 4 rings (SSSR count). The van der Waals surface area contributed by atoms with Crippen LogP contribution in [0.25, 0.3) is 17.1 Å². The minimum absolute atomic E-state index is 0.0374. The van der Waals surface area contributed by atoms with Gasteiger partial charge in [0, 0.05) is 21.3 Å². The Bertz CT molecular complexity index is 1390. The van der Waals surface area contributed by atoms with E-state index in [1.54, 1.807) is 12.1 Å². The second kappa shape index (κ2) is 11.2. The van der Waals surface area contributed by atoms with Crippen LogP contribution in [0.5, 0.6) is 5.75 Å². The van der Waals surface area contributed by atoms with Crippen molar-refractivity contribution < 1.29 is 9.90 Å². The largest absolute Gasteiger partial charge is 0.506 e. The Labute approximate surface area is 223 Å². The molecule has 0 aliphatic rings. The van der Waals surface area contributed by atoms with Crippen molar-refractivity contribution in [2.75, 3.05) is 5.75 Å². The number of phenols is 1. The summed E-state index contributed by atoms with van der Waals surface area (Å²) in [6.45, 7) is 4.07. The van der Waals surface area contributed by atoms with Crippen LogP contribution in [0.15, 0.2) is 79.9 Å². The number of phenolic OH excluding ortho intramolecular Hbond substituents is 1. The summed E-state index contributed by atoms with van der Waals surface area (Å²) in [7, 11) is 0. The molecule has 1 aromatic heterocycles. The summed E-state index contributed by atoms with van der Waals surface area (Å²) >= 11 is 7.90. The van der Waals surface area contributed by atoms with Gasteiger partial charge in [-0.3, -0.25) is 9.36 Å². The second-order valence-corrected chi connectivity index (χ2v) is 10.5. The number of amides is 1. The average molecular weight is 615 g/mol. The number of hydrazone groups is 1. The number of aryl methyl sites for hydroxylation is 2. The summed E-state index contributed by atoms with van der Waals surface area (Å²) in [5.41, 5.74) is 7.10. The van der Waals surface area contributed by atoms with Crippen LogP contribution in [0.1, 0.15) is 16.7 Å². The first-order valence-electron chi connectivity index (χ1n) is 10.5. The molecule has 4 aromatic rings. The van der Waals surface area contributed by atoms with Gasteiger partial charge in [0.1, 0.15) is 5.75 Å². The fourth-order valence-electron chi connectivity index (χ4n) is 3.20. The van der Waals surface area contributed by atoms with Gasteiger partial charge in [0.15, 0.2) is 11.0 Å². The molecule has 1 amide bonds. The summed E-state index contributed by atoms with van der Waals surface area (Å²) in [5, 5.41) is 23.4. The molecule has 7 nitrogen and oxygen atoms in total. The van der Waals surface area contributed by atoms with Crippen LogP contribution in [0.3, 0.4) is 0 Å². The van der Waals surface area contributed by atoms with Crippen LogP contribution in [0.4, 0.5) is 0 Å². The average Bonchev–Trinajstić information content (AvgIpc) is 3.25. The van der Waals surface area contributed by atoms with Crippen molar-refractivity contribution >= 4 is 55.7 Å². The van der Waals surface area contributed by atoms with Gasteiger partial charge in [-0.25, -0.2) is 5.43 Å². The van der Waals surface area contributed by atoms with E-state index in [9.17, 15) is 9.90 Å². The van der Waals surface area contributed by atoms with E-state index in [1.807, 2.05) is 66.9 Å². The number of thioether (sulfide) groups is 1. The van der Waals surface area contributed by atoms with Crippen LogP contribution in [-0.4, -0.2) is 37.7 Å². The highest BCUT2D eigenvalue weighted by molar-refractivity contribution is 9.11. The first kappa shape index (κ1) is 25.2.